The van der Waals surface area contributed by atoms with Crippen LogP contribution in [-0.2, 0) is 4.79 Å². The van der Waals surface area contributed by atoms with Crippen molar-refractivity contribution in [1.29, 1.82) is 0 Å². The molecular formula is C19H29N3O2. The number of ether oxygens (including phenoxy) is 1. The molecule has 2 heterocycles. The first-order valence-electron chi connectivity index (χ1n) is 9.05. The fourth-order valence-electron chi connectivity index (χ4n) is 4.13. The average molecular weight is 331 g/mol. The summed E-state index contributed by atoms with van der Waals surface area (Å²) in [5, 5.41) is 3.01. The van der Waals surface area contributed by atoms with E-state index < -0.39 is 0 Å². The molecule has 1 amide bonds. The molecule has 2 atom stereocenters. The number of nitrogens with one attached hydrogen (secondary N) is 1. The number of rotatable bonds is 4. The zero-order valence-corrected chi connectivity index (χ0v) is 14.8. The Labute approximate surface area is 145 Å². The summed E-state index contributed by atoms with van der Waals surface area (Å²) in [5.74, 6) is 0.876. The number of benzene rings is 1. The lowest BCUT2D eigenvalue weighted by Crippen LogP contribution is -2.55. The maximum atomic E-state index is 12.5. The monoisotopic (exact) mass is 331 g/mol. The molecule has 24 heavy (non-hydrogen) atoms. The molecule has 1 aromatic rings. The molecule has 0 unspecified atom stereocenters. The molecule has 0 saturated carbocycles. The first kappa shape index (κ1) is 17.2. The van der Waals surface area contributed by atoms with Gasteiger partial charge in [0.2, 0.25) is 5.91 Å². The van der Waals surface area contributed by atoms with E-state index in [0.29, 0.717) is 18.6 Å². The van der Waals surface area contributed by atoms with E-state index in [1.807, 2.05) is 24.3 Å². The van der Waals surface area contributed by atoms with Crippen molar-refractivity contribution in [2.45, 2.75) is 44.2 Å². The number of anilines is 1. The Morgan fingerprint density at radius 3 is 2.62 bits per heavy atom. The summed E-state index contributed by atoms with van der Waals surface area (Å²) < 4.78 is 5.15. The van der Waals surface area contributed by atoms with Gasteiger partial charge in [-0.15, -0.1) is 0 Å². The lowest BCUT2D eigenvalue weighted by atomic mass is 9.92. The van der Waals surface area contributed by atoms with E-state index in [2.05, 4.69) is 22.2 Å². The number of fused-ring (bicyclic) bond motifs is 1. The van der Waals surface area contributed by atoms with Crippen molar-refractivity contribution in [2.75, 3.05) is 39.1 Å². The third-order valence-corrected chi connectivity index (χ3v) is 5.41. The predicted octanol–water partition coefficient (Wildman–Crippen LogP) is 2.58. The molecule has 5 heteroatoms. The summed E-state index contributed by atoms with van der Waals surface area (Å²) >= 11 is 0. The van der Waals surface area contributed by atoms with Gasteiger partial charge in [-0.2, -0.15) is 0 Å². The molecule has 0 aromatic heterocycles. The van der Waals surface area contributed by atoms with Crippen LogP contribution in [0.3, 0.4) is 0 Å². The predicted molar refractivity (Wildman–Crippen MR) is 96.5 cm³/mol. The number of likely N-dealkylation sites (tertiary alicyclic amines) is 2. The van der Waals surface area contributed by atoms with Gasteiger partial charge in [0.25, 0.3) is 0 Å². The molecule has 1 N–H and O–H groups in total. The second-order valence-corrected chi connectivity index (χ2v) is 7.00. The molecule has 2 fully saturated rings. The highest BCUT2D eigenvalue weighted by atomic mass is 16.5. The number of piperidine rings is 1. The molecule has 132 valence electrons. The van der Waals surface area contributed by atoms with E-state index in [0.717, 1.165) is 18.0 Å². The van der Waals surface area contributed by atoms with E-state index in [1.54, 1.807) is 7.11 Å². The van der Waals surface area contributed by atoms with Gasteiger partial charge >= 0.3 is 0 Å². The number of hydrogen-bond donors (Lipinski definition) is 1. The van der Waals surface area contributed by atoms with Crippen LogP contribution in [0, 0.1) is 0 Å². The Morgan fingerprint density at radius 1 is 1.12 bits per heavy atom. The SMILES string of the molecule is COc1ccc(NC(=O)CN2CCC[C@@H]3[C@H]2CCCCN3C)cc1. The summed E-state index contributed by atoms with van der Waals surface area (Å²) in [5.41, 5.74) is 0.826. The van der Waals surface area contributed by atoms with E-state index in [1.165, 1.54) is 38.6 Å². The van der Waals surface area contributed by atoms with Crippen molar-refractivity contribution in [3.05, 3.63) is 24.3 Å². The second-order valence-electron chi connectivity index (χ2n) is 7.00. The van der Waals surface area contributed by atoms with Crippen LogP contribution in [0.2, 0.25) is 0 Å². The third-order valence-electron chi connectivity index (χ3n) is 5.41. The number of carbonyl (C=O) groups is 1. The standard InChI is InChI=1S/C19H29N3O2/c1-21-12-4-3-6-18-17(21)7-5-13-22(18)14-19(23)20-15-8-10-16(24-2)11-9-15/h8-11,17-18H,3-7,12-14H2,1-2H3,(H,20,23)/t17-,18-/m1/s1. The minimum absolute atomic E-state index is 0.0766. The van der Waals surface area contributed by atoms with Gasteiger partial charge in [-0.1, -0.05) is 6.42 Å². The van der Waals surface area contributed by atoms with Gasteiger partial charge in [-0.25, -0.2) is 0 Å². The average Bonchev–Trinajstić information content (AvgIpc) is 2.78. The Balaban J connectivity index is 1.60. The quantitative estimate of drug-likeness (QED) is 0.921. The summed E-state index contributed by atoms with van der Waals surface area (Å²) in [4.78, 5) is 17.4. The van der Waals surface area contributed by atoms with Gasteiger partial charge < -0.3 is 15.0 Å². The van der Waals surface area contributed by atoms with Crippen molar-refractivity contribution < 1.29 is 9.53 Å². The summed E-state index contributed by atoms with van der Waals surface area (Å²) in [6.45, 7) is 2.71. The molecule has 0 aliphatic carbocycles. The van der Waals surface area contributed by atoms with Gasteiger partial charge in [0.1, 0.15) is 5.75 Å². The number of methoxy groups -OCH3 is 1. The molecule has 2 aliphatic heterocycles. The lowest BCUT2D eigenvalue weighted by Gasteiger charge is -2.43. The van der Waals surface area contributed by atoms with E-state index in [9.17, 15) is 4.79 Å². The van der Waals surface area contributed by atoms with Gasteiger partial charge in [-0.3, -0.25) is 9.69 Å². The maximum absolute atomic E-state index is 12.5. The largest absolute Gasteiger partial charge is 0.497 e. The van der Waals surface area contributed by atoms with Gasteiger partial charge in [0.15, 0.2) is 0 Å². The molecule has 1 aromatic carbocycles. The number of carbonyl (C=O) groups excluding carboxylic acids is 1. The Morgan fingerprint density at radius 2 is 1.88 bits per heavy atom. The minimum Gasteiger partial charge on any atom is -0.497 e. The van der Waals surface area contributed by atoms with Crippen LogP contribution in [0.4, 0.5) is 5.69 Å². The molecule has 0 spiro atoms. The zero-order valence-electron chi connectivity index (χ0n) is 14.8. The molecule has 3 rings (SSSR count). The fourth-order valence-corrected chi connectivity index (χ4v) is 4.13. The van der Waals surface area contributed by atoms with Crippen LogP contribution in [0.5, 0.6) is 5.75 Å². The minimum atomic E-state index is 0.0766. The highest BCUT2D eigenvalue weighted by Crippen LogP contribution is 2.28. The lowest BCUT2D eigenvalue weighted by molar-refractivity contribution is -0.118. The first-order valence-corrected chi connectivity index (χ1v) is 9.05. The zero-order chi connectivity index (χ0) is 16.9. The van der Waals surface area contributed by atoms with E-state index in [4.69, 9.17) is 4.74 Å². The molecule has 0 radical (unpaired) electrons. The van der Waals surface area contributed by atoms with Crippen molar-refractivity contribution in [1.82, 2.24) is 9.80 Å². The number of likely N-dealkylation sites (N-methyl/N-ethyl adjacent to an activating group) is 1. The summed E-state index contributed by atoms with van der Waals surface area (Å²) in [7, 11) is 3.88. The van der Waals surface area contributed by atoms with Crippen LogP contribution < -0.4 is 10.1 Å². The highest BCUT2D eigenvalue weighted by molar-refractivity contribution is 5.92. The van der Waals surface area contributed by atoms with Crippen molar-refractivity contribution >= 4 is 11.6 Å². The van der Waals surface area contributed by atoms with Crippen molar-refractivity contribution in [2.24, 2.45) is 0 Å². The van der Waals surface area contributed by atoms with Crippen LogP contribution in [0.25, 0.3) is 0 Å². The van der Waals surface area contributed by atoms with Crippen LogP contribution in [-0.4, -0.2) is 61.6 Å². The fraction of sp³-hybridized carbons (Fsp3) is 0.632. The Bertz CT molecular complexity index is 546. The Hall–Kier alpha value is -1.59. The normalized spacial score (nSPS) is 25.6. The number of hydrogen-bond acceptors (Lipinski definition) is 4. The van der Waals surface area contributed by atoms with Gasteiger partial charge in [0, 0.05) is 17.8 Å². The highest BCUT2D eigenvalue weighted by Gasteiger charge is 2.35. The topological polar surface area (TPSA) is 44.8 Å². The van der Waals surface area contributed by atoms with Crippen LogP contribution in [0.1, 0.15) is 32.1 Å². The molecule has 2 aliphatic rings. The molecular weight excluding hydrogens is 302 g/mol. The molecule has 2 saturated heterocycles. The van der Waals surface area contributed by atoms with Gasteiger partial charge in [-0.05, 0) is 70.1 Å². The second kappa shape index (κ2) is 7.99. The molecule has 5 nitrogen and oxygen atoms in total. The van der Waals surface area contributed by atoms with E-state index >= 15 is 0 Å². The van der Waals surface area contributed by atoms with Crippen molar-refractivity contribution in [3.63, 3.8) is 0 Å². The summed E-state index contributed by atoms with van der Waals surface area (Å²) in [6.07, 6.45) is 6.20. The third kappa shape index (κ3) is 4.08. The number of nitrogens with zero attached hydrogens (tertiary/aromatic N) is 2. The Kier molecular flexibility index (Phi) is 5.74. The number of amides is 1. The van der Waals surface area contributed by atoms with Gasteiger partial charge in [0.05, 0.1) is 13.7 Å². The summed E-state index contributed by atoms with van der Waals surface area (Å²) in [6, 6.07) is 8.63. The van der Waals surface area contributed by atoms with Crippen LogP contribution in [0.15, 0.2) is 24.3 Å². The molecule has 0 bridgehead atoms. The van der Waals surface area contributed by atoms with Crippen LogP contribution >= 0.6 is 0 Å². The van der Waals surface area contributed by atoms with Crippen molar-refractivity contribution in [3.8, 4) is 5.75 Å². The maximum Gasteiger partial charge on any atom is 0.238 e. The smallest absolute Gasteiger partial charge is 0.238 e. The first-order chi connectivity index (χ1) is 11.7. The van der Waals surface area contributed by atoms with E-state index in [-0.39, 0.29) is 5.91 Å².